The van der Waals surface area contributed by atoms with Gasteiger partial charge in [-0.3, -0.25) is 4.79 Å². The lowest BCUT2D eigenvalue weighted by molar-refractivity contribution is -0.150. The first-order chi connectivity index (χ1) is 12.3. The van der Waals surface area contributed by atoms with Gasteiger partial charge in [0.05, 0.1) is 0 Å². The molecule has 1 aliphatic heterocycles. The number of rotatable bonds is 4. The Morgan fingerprint density at radius 3 is 2.35 bits per heavy atom. The Kier molecular flexibility index (Phi) is 3.52. The molecular weight excluding hydrogens is 324 g/mol. The number of Topliss-reactive ketones (excluding diaryl/α,β-unsaturated/α-hetero) is 1. The number of carbonyl (C=O) groups is 1. The molecule has 3 nitrogen and oxygen atoms in total. The summed E-state index contributed by atoms with van der Waals surface area (Å²) in [5.74, 6) is 4.25. The van der Waals surface area contributed by atoms with Crippen LogP contribution in [0.15, 0.2) is 18.2 Å². The fourth-order valence-electron chi connectivity index (χ4n) is 6.77. The monoisotopic (exact) mass is 354 g/mol. The molecule has 140 valence electrons. The molecule has 0 aromatic heterocycles. The molecule has 4 aliphatic carbocycles. The van der Waals surface area contributed by atoms with Gasteiger partial charge in [0.15, 0.2) is 23.4 Å². The summed E-state index contributed by atoms with van der Waals surface area (Å²) in [5.41, 5.74) is 0.878. The molecule has 1 aromatic rings. The molecule has 0 radical (unpaired) electrons. The quantitative estimate of drug-likeness (QED) is 0.767. The number of benzene rings is 1. The van der Waals surface area contributed by atoms with E-state index in [1.165, 1.54) is 24.8 Å². The van der Waals surface area contributed by atoms with Crippen LogP contribution < -0.4 is 9.47 Å². The molecule has 0 spiro atoms. The van der Waals surface area contributed by atoms with Crippen molar-refractivity contribution >= 4 is 5.78 Å². The van der Waals surface area contributed by atoms with E-state index in [9.17, 15) is 4.79 Å². The molecule has 1 aromatic carbocycles. The molecule has 0 unspecified atom stereocenters. The molecule has 4 bridgehead atoms. The molecule has 26 heavy (non-hydrogen) atoms. The van der Waals surface area contributed by atoms with E-state index < -0.39 is 6.10 Å². The summed E-state index contributed by atoms with van der Waals surface area (Å²) < 4.78 is 12.3. The molecule has 0 amide bonds. The minimum absolute atomic E-state index is 0.105. The Bertz CT molecular complexity index is 713. The van der Waals surface area contributed by atoms with E-state index in [2.05, 4.69) is 19.9 Å². The molecular formula is C23H30O3. The molecule has 0 N–H and O–H groups in total. The van der Waals surface area contributed by atoms with Crippen molar-refractivity contribution in [1.29, 1.82) is 0 Å². The van der Waals surface area contributed by atoms with Gasteiger partial charge in [-0.05, 0) is 83.1 Å². The van der Waals surface area contributed by atoms with Gasteiger partial charge >= 0.3 is 0 Å². The lowest BCUT2D eigenvalue weighted by Gasteiger charge is -2.56. The largest absolute Gasteiger partial charge is 0.483 e. The number of fused-ring (bicyclic) bond motifs is 1. The maximum atomic E-state index is 13.5. The van der Waals surface area contributed by atoms with Gasteiger partial charge in [-0.15, -0.1) is 0 Å². The van der Waals surface area contributed by atoms with Gasteiger partial charge in [-0.1, -0.05) is 12.1 Å². The van der Waals surface area contributed by atoms with E-state index in [1.807, 2.05) is 19.1 Å². The van der Waals surface area contributed by atoms with Gasteiger partial charge in [0, 0.05) is 17.4 Å². The highest BCUT2D eigenvalue weighted by Gasteiger charge is 2.55. The molecule has 6 rings (SSSR count). The van der Waals surface area contributed by atoms with Crippen molar-refractivity contribution in [2.75, 3.05) is 0 Å². The van der Waals surface area contributed by atoms with E-state index >= 15 is 0 Å². The number of carbonyl (C=O) groups excluding carboxylic acids is 1. The van der Waals surface area contributed by atoms with Crippen LogP contribution >= 0.6 is 0 Å². The first-order valence-corrected chi connectivity index (χ1v) is 10.4. The third-order valence-electron chi connectivity index (χ3n) is 7.29. The van der Waals surface area contributed by atoms with Gasteiger partial charge < -0.3 is 9.47 Å². The highest BCUT2D eigenvalue weighted by atomic mass is 16.5. The fourth-order valence-corrected chi connectivity index (χ4v) is 6.77. The second kappa shape index (κ2) is 5.50. The fraction of sp³-hybridized carbons (Fsp3) is 0.696. The summed E-state index contributed by atoms with van der Waals surface area (Å²) in [4.78, 5) is 13.5. The highest BCUT2D eigenvalue weighted by molar-refractivity contribution is 5.89. The Morgan fingerprint density at radius 1 is 1.12 bits per heavy atom. The zero-order chi connectivity index (χ0) is 18.1. The van der Waals surface area contributed by atoms with Crippen molar-refractivity contribution in [3.8, 4) is 11.5 Å². The number of ketones is 1. The van der Waals surface area contributed by atoms with Crippen LogP contribution in [0.2, 0.25) is 0 Å². The summed E-state index contributed by atoms with van der Waals surface area (Å²) >= 11 is 0. The Morgan fingerprint density at radius 2 is 1.73 bits per heavy atom. The van der Waals surface area contributed by atoms with Gasteiger partial charge in [0.2, 0.25) is 0 Å². The van der Waals surface area contributed by atoms with Gasteiger partial charge in [-0.2, -0.15) is 0 Å². The van der Waals surface area contributed by atoms with E-state index in [0.717, 1.165) is 54.9 Å². The van der Waals surface area contributed by atoms with Gasteiger partial charge in [0.25, 0.3) is 0 Å². The first-order valence-electron chi connectivity index (χ1n) is 10.4. The van der Waals surface area contributed by atoms with Crippen molar-refractivity contribution in [2.45, 2.75) is 77.4 Å². The number of hydrogen-bond acceptors (Lipinski definition) is 3. The second-order valence-corrected chi connectivity index (χ2v) is 10.1. The molecule has 5 aliphatic rings. The summed E-state index contributed by atoms with van der Waals surface area (Å²) in [5, 5.41) is 0. The van der Waals surface area contributed by atoms with Gasteiger partial charge in [-0.25, -0.2) is 0 Å². The number of para-hydroxylation sites is 1. The molecule has 4 fully saturated rings. The van der Waals surface area contributed by atoms with Crippen LogP contribution in [0, 0.1) is 23.2 Å². The van der Waals surface area contributed by atoms with Crippen LogP contribution in [0.5, 0.6) is 11.5 Å². The second-order valence-electron chi connectivity index (χ2n) is 10.1. The maximum Gasteiger partial charge on any atom is 0.179 e. The molecule has 0 saturated heterocycles. The van der Waals surface area contributed by atoms with Crippen LogP contribution in [0.4, 0.5) is 0 Å². The molecule has 3 heteroatoms. The maximum absolute atomic E-state index is 13.5. The summed E-state index contributed by atoms with van der Waals surface area (Å²) in [6, 6.07) is 6.06. The smallest absolute Gasteiger partial charge is 0.179 e. The number of hydrogen-bond donors (Lipinski definition) is 0. The standard InChI is InChI=1S/C23H30O3/c1-14(25-19-6-4-5-18-13-22(2,3)26-20(18)19)21(24)23-10-15-7-16(11-23)9-17(8-15)12-23/h4-6,14-17H,7-13H2,1-3H3/t14-,15?,16?,17?,23?/m1/s1. The first kappa shape index (κ1) is 16.6. The lowest BCUT2D eigenvalue weighted by atomic mass is 9.48. The minimum atomic E-state index is -0.398. The van der Waals surface area contributed by atoms with Crippen molar-refractivity contribution in [3.05, 3.63) is 23.8 Å². The minimum Gasteiger partial charge on any atom is -0.483 e. The van der Waals surface area contributed by atoms with Crippen LogP contribution in [0.25, 0.3) is 0 Å². The lowest BCUT2D eigenvalue weighted by Crippen LogP contribution is -2.53. The third-order valence-corrected chi connectivity index (χ3v) is 7.29. The Hall–Kier alpha value is -1.51. The van der Waals surface area contributed by atoms with E-state index in [4.69, 9.17) is 9.47 Å². The summed E-state index contributed by atoms with van der Waals surface area (Å²) in [6.45, 7) is 6.14. The average molecular weight is 354 g/mol. The van der Waals surface area contributed by atoms with Crippen molar-refractivity contribution in [1.82, 2.24) is 0 Å². The molecule has 1 atom stereocenters. The van der Waals surface area contributed by atoms with Crippen LogP contribution in [-0.4, -0.2) is 17.5 Å². The predicted molar refractivity (Wildman–Crippen MR) is 101 cm³/mol. The van der Waals surface area contributed by atoms with E-state index in [-0.39, 0.29) is 11.0 Å². The SMILES string of the molecule is C[C@@H](Oc1cccc2c1OC(C)(C)C2)C(=O)C12CC3CC(CC(C3)C1)C2. The highest BCUT2D eigenvalue weighted by Crippen LogP contribution is 2.60. The Labute approximate surface area is 156 Å². The average Bonchev–Trinajstić information content (AvgIpc) is 2.88. The zero-order valence-electron chi connectivity index (χ0n) is 16.2. The van der Waals surface area contributed by atoms with Crippen LogP contribution in [0.1, 0.15) is 64.9 Å². The normalized spacial score (nSPS) is 37.1. The van der Waals surface area contributed by atoms with Gasteiger partial charge in [0.1, 0.15) is 5.60 Å². The predicted octanol–water partition coefficient (Wildman–Crippen LogP) is 4.95. The van der Waals surface area contributed by atoms with Crippen LogP contribution in [-0.2, 0) is 11.2 Å². The van der Waals surface area contributed by atoms with E-state index in [0.29, 0.717) is 5.78 Å². The number of ether oxygens (including phenoxy) is 2. The topological polar surface area (TPSA) is 35.5 Å². The van der Waals surface area contributed by atoms with Crippen molar-refractivity contribution in [2.24, 2.45) is 23.2 Å². The van der Waals surface area contributed by atoms with E-state index in [1.54, 1.807) is 0 Å². The Balaban J connectivity index is 1.37. The summed E-state index contributed by atoms with van der Waals surface area (Å²) in [7, 11) is 0. The summed E-state index contributed by atoms with van der Waals surface area (Å²) in [6.07, 6.45) is 7.86. The van der Waals surface area contributed by atoms with Crippen LogP contribution in [0.3, 0.4) is 0 Å². The third kappa shape index (κ3) is 2.58. The molecule has 1 heterocycles. The van der Waals surface area contributed by atoms with Crippen molar-refractivity contribution < 1.29 is 14.3 Å². The molecule has 4 saturated carbocycles. The zero-order valence-corrected chi connectivity index (χ0v) is 16.2. The van der Waals surface area contributed by atoms with Crippen molar-refractivity contribution in [3.63, 3.8) is 0 Å².